The molecular weight excluding hydrogens is 385 g/mol. The minimum absolute atomic E-state index is 0.0371. The molecule has 3 rings (SSSR count). The molecule has 0 aliphatic carbocycles. The van der Waals surface area contributed by atoms with E-state index in [2.05, 4.69) is 4.98 Å². The monoisotopic (exact) mass is 396 g/mol. The van der Waals surface area contributed by atoms with E-state index in [9.17, 15) is 23.2 Å². The number of carbonyl (C=O) groups is 1. The highest BCUT2D eigenvalue weighted by atomic mass is 32.1. The number of benzene rings is 1. The maximum atomic E-state index is 13.0. The summed E-state index contributed by atoms with van der Waals surface area (Å²) in [7, 11) is 0. The van der Waals surface area contributed by atoms with Gasteiger partial charge in [0.05, 0.1) is 33.0 Å². The lowest BCUT2D eigenvalue weighted by Gasteiger charge is -2.06. The fraction of sp³-hybridized carbons (Fsp3) is 0.235. The van der Waals surface area contributed by atoms with E-state index >= 15 is 0 Å². The Morgan fingerprint density at radius 2 is 2.04 bits per heavy atom. The summed E-state index contributed by atoms with van der Waals surface area (Å²) in [5.41, 5.74) is -0.407. The van der Waals surface area contributed by atoms with Crippen LogP contribution in [0.1, 0.15) is 33.4 Å². The van der Waals surface area contributed by atoms with Crippen molar-refractivity contribution in [2.45, 2.75) is 20.0 Å². The van der Waals surface area contributed by atoms with Crippen LogP contribution in [-0.4, -0.2) is 17.6 Å². The number of carbonyl (C=O) groups excluding carboxylic acids is 1. The zero-order valence-electron chi connectivity index (χ0n) is 13.6. The van der Waals surface area contributed by atoms with Gasteiger partial charge >= 0.3 is 12.1 Å². The summed E-state index contributed by atoms with van der Waals surface area (Å²) in [4.78, 5) is 17.2. The van der Waals surface area contributed by atoms with E-state index < -0.39 is 17.7 Å². The van der Waals surface area contributed by atoms with Gasteiger partial charge in [0.15, 0.2) is 0 Å². The van der Waals surface area contributed by atoms with Crippen molar-refractivity contribution in [3.05, 3.63) is 39.9 Å². The van der Waals surface area contributed by atoms with Gasteiger partial charge in [-0.3, -0.25) is 0 Å². The predicted octanol–water partition coefficient (Wildman–Crippen LogP) is 5.40. The van der Waals surface area contributed by atoms with E-state index in [1.165, 1.54) is 11.3 Å². The van der Waals surface area contributed by atoms with E-state index in [-0.39, 0.29) is 12.2 Å². The molecule has 2 heterocycles. The summed E-state index contributed by atoms with van der Waals surface area (Å²) in [6.45, 7) is 3.60. The predicted molar refractivity (Wildman–Crippen MR) is 93.3 cm³/mol. The van der Waals surface area contributed by atoms with Crippen LogP contribution in [0.5, 0.6) is 0 Å². The number of hydrogen-bond acceptors (Lipinski definition) is 6. The second-order valence-corrected chi connectivity index (χ2v) is 7.37. The van der Waals surface area contributed by atoms with Crippen LogP contribution < -0.4 is 0 Å². The summed E-state index contributed by atoms with van der Waals surface area (Å²) in [5.74, 6) is -0.480. The highest BCUT2D eigenvalue weighted by Crippen LogP contribution is 2.41. The summed E-state index contributed by atoms with van der Waals surface area (Å²) in [6, 6.07) is 5.24. The quantitative estimate of drug-likeness (QED) is 0.556. The van der Waals surface area contributed by atoms with E-state index in [4.69, 9.17) is 4.74 Å². The van der Waals surface area contributed by atoms with Gasteiger partial charge in [-0.05, 0) is 37.4 Å². The Labute approximate surface area is 154 Å². The standard InChI is InChI=1S/C17H11F3N2O2S2/c1-3-24-16(23)13-8(2)22-15(26-13)12-6-9-4-11(17(18,19)20)5-10(7-21)14(9)25-12/h4-6H,3H2,1-2H3. The van der Waals surface area contributed by atoms with Crippen LogP contribution in [-0.2, 0) is 10.9 Å². The largest absolute Gasteiger partial charge is 0.462 e. The Morgan fingerprint density at radius 3 is 2.65 bits per heavy atom. The molecule has 9 heteroatoms. The third-order valence-corrected chi connectivity index (χ3v) is 6.02. The Kier molecular flexibility index (Phi) is 4.73. The number of rotatable bonds is 3. The Bertz CT molecular complexity index is 1040. The fourth-order valence-corrected chi connectivity index (χ4v) is 4.50. The lowest BCUT2D eigenvalue weighted by atomic mass is 10.1. The number of fused-ring (bicyclic) bond motifs is 1. The third-order valence-electron chi connectivity index (χ3n) is 3.53. The van der Waals surface area contributed by atoms with Crippen molar-refractivity contribution in [3.8, 4) is 16.0 Å². The summed E-state index contributed by atoms with van der Waals surface area (Å²) < 4.78 is 44.5. The fourth-order valence-electron chi connectivity index (χ4n) is 2.39. The number of alkyl halides is 3. The first-order valence-electron chi connectivity index (χ1n) is 7.44. The Hall–Kier alpha value is -2.44. The normalized spacial score (nSPS) is 11.5. The van der Waals surface area contributed by atoms with E-state index in [1.807, 2.05) is 6.07 Å². The molecule has 0 N–H and O–H groups in total. The second kappa shape index (κ2) is 6.70. The number of thiazole rings is 1. The molecule has 0 aliphatic heterocycles. The van der Waals surface area contributed by atoms with Crippen LogP contribution in [0, 0.1) is 18.3 Å². The van der Waals surface area contributed by atoms with Gasteiger partial charge in [0.2, 0.25) is 0 Å². The first-order valence-corrected chi connectivity index (χ1v) is 9.07. The number of thiophene rings is 1. The molecule has 0 bridgehead atoms. The zero-order valence-corrected chi connectivity index (χ0v) is 15.2. The molecule has 3 aromatic rings. The van der Waals surface area contributed by atoms with Crippen LogP contribution in [0.2, 0.25) is 0 Å². The molecule has 0 spiro atoms. The molecule has 0 radical (unpaired) electrons. The number of aromatic nitrogens is 1. The van der Waals surface area contributed by atoms with Gasteiger partial charge in [-0.1, -0.05) is 0 Å². The van der Waals surface area contributed by atoms with Crippen LogP contribution in [0.15, 0.2) is 18.2 Å². The first kappa shape index (κ1) is 18.4. The molecule has 0 fully saturated rings. The Morgan fingerprint density at radius 1 is 1.31 bits per heavy atom. The second-order valence-electron chi connectivity index (χ2n) is 5.32. The van der Waals surface area contributed by atoms with Crippen LogP contribution in [0.25, 0.3) is 20.0 Å². The number of halogens is 3. The lowest BCUT2D eigenvalue weighted by molar-refractivity contribution is -0.137. The van der Waals surface area contributed by atoms with Gasteiger partial charge < -0.3 is 4.74 Å². The molecule has 0 saturated carbocycles. The number of aryl methyl sites for hydroxylation is 1. The summed E-state index contributed by atoms with van der Waals surface area (Å²) in [5, 5.41) is 10.0. The molecule has 26 heavy (non-hydrogen) atoms. The molecular formula is C17H11F3N2O2S2. The van der Waals surface area contributed by atoms with Crippen molar-refractivity contribution in [2.75, 3.05) is 6.61 Å². The van der Waals surface area contributed by atoms with Gasteiger partial charge in [-0.2, -0.15) is 18.4 Å². The van der Waals surface area contributed by atoms with Crippen LogP contribution in [0.4, 0.5) is 13.2 Å². The van der Waals surface area contributed by atoms with Crippen LogP contribution >= 0.6 is 22.7 Å². The average Bonchev–Trinajstić information content (AvgIpc) is 3.16. The average molecular weight is 396 g/mol. The molecule has 1 aromatic carbocycles. The maximum Gasteiger partial charge on any atom is 0.416 e. The van der Waals surface area contributed by atoms with Crippen molar-refractivity contribution in [1.82, 2.24) is 4.98 Å². The topological polar surface area (TPSA) is 63.0 Å². The minimum Gasteiger partial charge on any atom is -0.462 e. The number of esters is 1. The minimum atomic E-state index is -4.53. The first-order chi connectivity index (χ1) is 12.2. The highest BCUT2D eigenvalue weighted by molar-refractivity contribution is 7.26. The molecule has 0 aliphatic rings. The van der Waals surface area contributed by atoms with Crippen molar-refractivity contribution >= 4 is 38.7 Å². The molecule has 0 unspecified atom stereocenters. The van der Waals surface area contributed by atoms with Crippen molar-refractivity contribution in [2.24, 2.45) is 0 Å². The molecule has 4 nitrogen and oxygen atoms in total. The number of nitrogens with zero attached hydrogens (tertiary/aromatic N) is 2. The van der Waals surface area contributed by atoms with Crippen LogP contribution in [0.3, 0.4) is 0 Å². The van der Waals surface area contributed by atoms with E-state index in [1.54, 1.807) is 19.9 Å². The maximum absolute atomic E-state index is 13.0. The van der Waals surface area contributed by atoms with Crippen molar-refractivity contribution in [3.63, 3.8) is 0 Å². The SMILES string of the molecule is CCOC(=O)c1sc(-c2cc3cc(C(F)(F)F)cc(C#N)c3s2)nc1C. The third kappa shape index (κ3) is 3.30. The van der Waals surface area contributed by atoms with E-state index in [0.717, 1.165) is 23.5 Å². The van der Waals surface area contributed by atoms with Crippen molar-refractivity contribution in [1.29, 1.82) is 5.26 Å². The van der Waals surface area contributed by atoms with Gasteiger partial charge in [0.1, 0.15) is 16.0 Å². The van der Waals surface area contributed by atoms with E-state index in [0.29, 0.717) is 30.5 Å². The zero-order chi connectivity index (χ0) is 19.1. The molecule has 2 aromatic heterocycles. The number of nitriles is 1. The molecule has 134 valence electrons. The lowest BCUT2D eigenvalue weighted by Crippen LogP contribution is -2.04. The smallest absolute Gasteiger partial charge is 0.416 e. The van der Waals surface area contributed by atoms with Gasteiger partial charge in [0, 0.05) is 0 Å². The van der Waals surface area contributed by atoms with Gasteiger partial charge in [-0.15, -0.1) is 22.7 Å². The molecule has 0 atom stereocenters. The molecule has 0 saturated heterocycles. The van der Waals surface area contributed by atoms with Crippen molar-refractivity contribution < 1.29 is 22.7 Å². The summed E-state index contributed by atoms with van der Waals surface area (Å²) >= 11 is 2.29. The summed E-state index contributed by atoms with van der Waals surface area (Å²) in [6.07, 6.45) is -4.53. The number of hydrogen-bond donors (Lipinski definition) is 0. The Balaban J connectivity index is 2.12. The molecule has 0 amide bonds. The highest BCUT2D eigenvalue weighted by Gasteiger charge is 2.32. The number of ether oxygens (including phenoxy) is 1. The van der Waals surface area contributed by atoms with Gasteiger partial charge in [-0.25, -0.2) is 9.78 Å². The van der Waals surface area contributed by atoms with Gasteiger partial charge in [0.25, 0.3) is 0 Å².